The number of aliphatic hydroxyl groups is 2. The number of fused-ring (bicyclic) bond motifs is 1. The lowest BCUT2D eigenvalue weighted by atomic mass is 9.93. The third kappa shape index (κ3) is 8.31. The lowest BCUT2D eigenvalue weighted by Gasteiger charge is -2.20. The first-order valence-corrected chi connectivity index (χ1v) is 19.6. The molecule has 2 saturated heterocycles. The van der Waals surface area contributed by atoms with Crippen LogP contribution in [0, 0.1) is 0 Å². The maximum atomic E-state index is 12.8. The number of hydrogen-bond donors (Lipinski definition) is 6. The third-order valence-corrected chi connectivity index (χ3v) is 13.6. The minimum absolute atomic E-state index is 0.0319. The second-order valence-corrected chi connectivity index (χ2v) is 17.4. The highest BCUT2D eigenvalue weighted by Crippen LogP contribution is 2.71. The zero-order chi connectivity index (χ0) is 34.9. The standard InChI is InChI=1S/C22H27N8O14P3S/c23-19-16-20(26-10-25-19)30(11-27-16)21-18(33)17(32)14(42-21)8-41-45(34,35)43-46(36,37)44-47(38,39)48-6-5-15(31)22(9-40-22)13-3-1-12(2-4-13)7-28-29-24/h1-4,10-11,14,17-18,21,32-33H,5-9H2,(H,34,35)(H,36,37)(H,38,39)(H2,23,25,26). The topological polar surface area (TPSA) is 337 Å². The summed E-state index contributed by atoms with van der Waals surface area (Å²) in [7, 11) is -11.3. The SMILES string of the molecule is [N-]=[N+]=NCc1ccc(C2(C(=O)CCSP(=O)(O)OP(=O)(O)OP(=O)(O)OCC3OC(n4cnc5c(N)ncnc54)C(O)C3O)CO2)cc1. The Morgan fingerprint density at radius 2 is 1.83 bits per heavy atom. The van der Waals surface area contributed by atoms with Gasteiger partial charge >= 0.3 is 22.4 Å². The molecule has 2 aromatic heterocycles. The zero-order valence-corrected chi connectivity index (χ0v) is 27.7. The molecule has 4 heterocycles. The van der Waals surface area contributed by atoms with Gasteiger partial charge in [0, 0.05) is 17.1 Å². The molecule has 0 spiro atoms. The van der Waals surface area contributed by atoms with Gasteiger partial charge in [0.15, 0.2) is 29.1 Å². The van der Waals surface area contributed by atoms with Gasteiger partial charge < -0.3 is 40.1 Å². The summed E-state index contributed by atoms with van der Waals surface area (Å²) >= 11 is 0.0818. The number of phosphoric acid groups is 2. The lowest BCUT2D eigenvalue weighted by Crippen LogP contribution is -2.33. The molecule has 1 aromatic carbocycles. The van der Waals surface area contributed by atoms with Crippen LogP contribution >= 0.6 is 33.8 Å². The molecule has 260 valence electrons. The molecule has 26 heteroatoms. The summed E-state index contributed by atoms with van der Waals surface area (Å²) in [5.74, 6) is -0.813. The van der Waals surface area contributed by atoms with E-state index in [0.717, 1.165) is 6.33 Å². The van der Waals surface area contributed by atoms with Crippen molar-refractivity contribution in [1.82, 2.24) is 19.5 Å². The van der Waals surface area contributed by atoms with E-state index >= 15 is 0 Å². The number of ether oxygens (including phenoxy) is 2. The third-order valence-electron chi connectivity index (χ3n) is 7.02. The Balaban J connectivity index is 1.10. The normalized spacial score (nSPS) is 27.4. The molecule has 48 heavy (non-hydrogen) atoms. The molecule has 2 aliphatic rings. The molecule has 8 atom stereocenters. The summed E-state index contributed by atoms with van der Waals surface area (Å²) < 4.78 is 62.3. The van der Waals surface area contributed by atoms with Crippen LogP contribution in [0.25, 0.3) is 21.6 Å². The highest BCUT2D eigenvalue weighted by Gasteiger charge is 2.53. The number of rotatable bonds is 16. The van der Waals surface area contributed by atoms with Crippen LogP contribution < -0.4 is 5.73 Å². The first kappa shape index (κ1) is 36.5. The molecule has 2 fully saturated rings. The minimum Gasteiger partial charge on any atom is -0.387 e. The van der Waals surface area contributed by atoms with Crippen molar-refractivity contribution in [2.75, 3.05) is 24.7 Å². The van der Waals surface area contributed by atoms with Crippen LogP contribution in [0.15, 0.2) is 42.0 Å². The number of carbonyl (C=O) groups excluding carboxylic acids is 1. The number of carbonyl (C=O) groups is 1. The first-order chi connectivity index (χ1) is 22.6. The minimum atomic E-state index is -5.76. The Hall–Kier alpha value is -2.81. The maximum Gasteiger partial charge on any atom is 0.488 e. The van der Waals surface area contributed by atoms with Crippen LogP contribution in [0.2, 0.25) is 0 Å². The molecule has 0 saturated carbocycles. The second-order valence-electron chi connectivity index (χ2n) is 10.2. The van der Waals surface area contributed by atoms with Gasteiger partial charge in [0.2, 0.25) is 0 Å². The molecule has 0 amide bonds. The lowest BCUT2D eigenvalue weighted by molar-refractivity contribution is -0.124. The number of azide groups is 1. The molecule has 8 unspecified atom stereocenters. The van der Waals surface area contributed by atoms with Crippen LogP contribution in [0.3, 0.4) is 0 Å². The fourth-order valence-corrected chi connectivity index (χ4v) is 10.5. The molecule has 0 aliphatic carbocycles. The van der Waals surface area contributed by atoms with E-state index in [-0.39, 0.29) is 53.7 Å². The van der Waals surface area contributed by atoms with Crippen LogP contribution in [-0.2, 0) is 53.3 Å². The number of nitrogens with two attached hydrogens (primary N) is 1. The predicted molar refractivity (Wildman–Crippen MR) is 162 cm³/mol. The Bertz CT molecular complexity index is 1870. The molecular formula is C22H27N8O14P3S. The average Bonchev–Trinajstić information content (AvgIpc) is 3.63. The van der Waals surface area contributed by atoms with Crippen molar-refractivity contribution in [3.8, 4) is 0 Å². The van der Waals surface area contributed by atoms with Crippen molar-refractivity contribution < 1.29 is 66.0 Å². The number of nitrogens with zero attached hydrogens (tertiary/aromatic N) is 7. The smallest absolute Gasteiger partial charge is 0.387 e. The number of phosphoric ester groups is 1. The predicted octanol–water partition coefficient (Wildman–Crippen LogP) is 1.81. The van der Waals surface area contributed by atoms with Crippen molar-refractivity contribution in [2.24, 2.45) is 5.11 Å². The monoisotopic (exact) mass is 752 g/mol. The number of anilines is 1. The number of epoxide rings is 1. The molecular weight excluding hydrogens is 725 g/mol. The van der Waals surface area contributed by atoms with Crippen molar-refractivity contribution in [1.29, 1.82) is 0 Å². The molecule has 7 N–H and O–H groups in total. The van der Waals surface area contributed by atoms with Crippen LogP contribution in [0.1, 0.15) is 23.8 Å². The summed E-state index contributed by atoms with van der Waals surface area (Å²) in [6.07, 6.45) is -4.14. The number of aromatic nitrogens is 4. The summed E-state index contributed by atoms with van der Waals surface area (Å²) in [6, 6.07) is 6.52. The average molecular weight is 752 g/mol. The Kier molecular flexibility index (Phi) is 10.8. The molecule has 3 aromatic rings. The summed E-state index contributed by atoms with van der Waals surface area (Å²) in [4.78, 5) is 57.3. The quantitative estimate of drug-likeness (QED) is 0.0399. The highest BCUT2D eigenvalue weighted by atomic mass is 32.7. The summed E-state index contributed by atoms with van der Waals surface area (Å²) in [5, 5.41) is 24.4. The van der Waals surface area contributed by atoms with Gasteiger partial charge in [-0.1, -0.05) is 29.4 Å². The summed E-state index contributed by atoms with van der Waals surface area (Å²) in [6.45, 7) is -5.87. The highest BCUT2D eigenvalue weighted by molar-refractivity contribution is 8.55. The number of aliphatic hydroxyl groups excluding tert-OH is 2. The molecule has 2 aliphatic heterocycles. The Morgan fingerprint density at radius 3 is 2.50 bits per heavy atom. The van der Waals surface area contributed by atoms with Gasteiger partial charge in [-0.25, -0.2) is 28.6 Å². The van der Waals surface area contributed by atoms with E-state index in [1.807, 2.05) is 0 Å². The van der Waals surface area contributed by atoms with Crippen molar-refractivity contribution in [3.63, 3.8) is 0 Å². The van der Waals surface area contributed by atoms with E-state index in [9.17, 15) is 43.4 Å². The molecule has 0 radical (unpaired) electrons. The Morgan fingerprint density at radius 1 is 1.12 bits per heavy atom. The van der Waals surface area contributed by atoms with Gasteiger partial charge in [-0.3, -0.25) is 13.9 Å². The van der Waals surface area contributed by atoms with Crippen LogP contribution in [0.4, 0.5) is 5.82 Å². The number of imidazole rings is 1. The second kappa shape index (κ2) is 14.2. The van der Waals surface area contributed by atoms with Gasteiger partial charge in [0.25, 0.3) is 0 Å². The molecule has 5 rings (SSSR count). The molecule has 22 nitrogen and oxygen atoms in total. The Labute approximate surface area is 273 Å². The van der Waals surface area contributed by atoms with E-state index in [1.54, 1.807) is 24.3 Å². The number of Topliss-reactive ketones (excluding diaryl/α,β-unsaturated/α-hetero) is 1. The van der Waals surface area contributed by atoms with E-state index in [1.165, 1.54) is 10.9 Å². The van der Waals surface area contributed by atoms with Gasteiger partial charge in [0.05, 0.1) is 26.1 Å². The maximum absolute atomic E-state index is 12.8. The number of hydrogen-bond acceptors (Lipinski definition) is 17. The largest absolute Gasteiger partial charge is 0.488 e. The molecule has 0 bridgehead atoms. The van der Waals surface area contributed by atoms with E-state index < -0.39 is 65.0 Å². The van der Waals surface area contributed by atoms with Gasteiger partial charge in [-0.15, -0.1) is 0 Å². The van der Waals surface area contributed by atoms with Gasteiger partial charge in [0.1, 0.15) is 30.2 Å². The van der Waals surface area contributed by atoms with Crippen molar-refractivity contribution in [2.45, 2.75) is 43.1 Å². The number of nitrogen functional groups attached to an aromatic ring is 1. The van der Waals surface area contributed by atoms with E-state index in [2.05, 4.69) is 38.1 Å². The van der Waals surface area contributed by atoms with Gasteiger partial charge in [-0.05, 0) is 28.0 Å². The fourth-order valence-electron chi connectivity index (χ4n) is 4.65. The number of benzene rings is 1. The van der Waals surface area contributed by atoms with E-state index in [4.69, 9.17) is 20.7 Å². The first-order valence-electron chi connectivity index (χ1n) is 13.5. The van der Waals surface area contributed by atoms with Crippen molar-refractivity contribution in [3.05, 3.63) is 58.5 Å². The zero-order valence-electron chi connectivity index (χ0n) is 24.2. The van der Waals surface area contributed by atoms with E-state index in [0.29, 0.717) is 11.1 Å². The van der Waals surface area contributed by atoms with Crippen LogP contribution in [0.5, 0.6) is 0 Å². The summed E-state index contributed by atoms with van der Waals surface area (Å²) in [5.41, 5.74) is 14.4. The fraction of sp³-hybridized carbons (Fsp3) is 0.455. The van der Waals surface area contributed by atoms with Gasteiger partial charge in [-0.2, -0.15) is 8.62 Å². The van der Waals surface area contributed by atoms with Crippen LogP contribution in [-0.4, -0.2) is 87.5 Å². The van der Waals surface area contributed by atoms with Crippen molar-refractivity contribution >= 4 is 56.6 Å². The number of ketones is 1.